The first-order chi connectivity index (χ1) is 7.24. The molecule has 15 heavy (non-hydrogen) atoms. The van der Waals surface area contributed by atoms with Crippen LogP contribution in [0.2, 0.25) is 1.41 Å². The van der Waals surface area contributed by atoms with Crippen molar-refractivity contribution in [1.29, 1.82) is 0 Å². The van der Waals surface area contributed by atoms with Crippen LogP contribution >= 0.6 is 0 Å². The lowest BCUT2D eigenvalue weighted by Gasteiger charge is -2.05. The van der Waals surface area contributed by atoms with Gasteiger partial charge in [0.15, 0.2) is 28.2 Å². The maximum Gasteiger partial charge on any atom is 0.244 e. The van der Waals surface area contributed by atoms with E-state index >= 15 is 0 Å². The van der Waals surface area contributed by atoms with Gasteiger partial charge in [-0.3, -0.25) is 0 Å². The summed E-state index contributed by atoms with van der Waals surface area (Å²) in [6.07, 6.45) is 0. The molecule has 0 atom stereocenters. The third kappa shape index (κ3) is 1.79. The van der Waals surface area contributed by atoms with Gasteiger partial charge in [0.1, 0.15) is 1.41 Å². The maximum atomic E-state index is 12.9. The summed E-state index contributed by atoms with van der Waals surface area (Å²) in [5.74, 6) is -12.3. The Balaban J connectivity index is 3.79. The molecule has 0 aliphatic heterocycles. The van der Waals surface area contributed by atoms with Crippen molar-refractivity contribution in [3.63, 3.8) is 0 Å². The first-order valence-electron chi connectivity index (χ1n) is 3.69. The van der Waals surface area contributed by atoms with Gasteiger partial charge in [-0.25, -0.2) is 35.5 Å². The van der Waals surface area contributed by atoms with E-state index in [1.807, 2.05) is 0 Å². The van der Waals surface area contributed by atoms with Crippen LogP contribution in [-0.4, -0.2) is 8.42 Å². The average Bonchev–Trinajstić information content (AvgIpc) is 2.23. The monoisotopic (exact) mass is 248 g/mol. The van der Waals surface area contributed by atoms with Crippen LogP contribution < -0.4 is 5.13 Å². The van der Waals surface area contributed by atoms with E-state index in [0.29, 0.717) is 5.13 Å². The molecule has 0 aliphatic carbocycles. The number of benzene rings is 1. The predicted molar refractivity (Wildman–Crippen MR) is 37.6 cm³/mol. The molecule has 0 aromatic heterocycles. The molecule has 0 saturated carbocycles. The fourth-order valence-electron chi connectivity index (χ4n) is 0.821. The van der Waals surface area contributed by atoms with Gasteiger partial charge in [0.2, 0.25) is 15.8 Å². The lowest BCUT2D eigenvalue weighted by molar-refractivity contribution is 0.358. The minimum Gasteiger partial charge on any atom is -0.224 e. The molecule has 84 valence electrons. The third-order valence-electron chi connectivity index (χ3n) is 1.44. The number of rotatable bonds is 2. The molecule has 1 aromatic rings. The lowest BCUT2D eigenvalue weighted by Crippen LogP contribution is -2.19. The maximum absolute atomic E-state index is 12.9. The normalized spacial score (nSPS) is 12.7. The fraction of sp³-hybridized carbons (Fsp3) is 0. The van der Waals surface area contributed by atoms with Crippen LogP contribution in [0, 0.1) is 29.1 Å². The fourth-order valence-corrected chi connectivity index (χ4v) is 1.47. The van der Waals surface area contributed by atoms with Crippen LogP contribution in [0.15, 0.2) is 4.90 Å². The van der Waals surface area contributed by atoms with E-state index in [-0.39, 0.29) is 0 Å². The molecule has 0 amide bonds. The topological polar surface area (TPSA) is 60.2 Å². The molecule has 0 heterocycles. The largest absolute Gasteiger partial charge is 0.244 e. The third-order valence-corrected chi connectivity index (χ3v) is 2.33. The average molecular weight is 248 g/mol. The SMILES string of the molecule is [2H]NS(=O)(=O)c1c(F)c(F)c(F)c(F)c1F. The van der Waals surface area contributed by atoms with Crippen molar-refractivity contribution < 1.29 is 31.8 Å². The quantitative estimate of drug-likeness (QED) is 0.482. The van der Waals surface area contributed by atoms with Gasteiger partial charge in [0.25, 0.3) is 0 Å². The van der Waals surface area contributed by atoms with Gasteiger partial charge in [-0.15, -0.1) is 0 Å². The zero-order valence-electron chi connectivity index (χ0n) is 7.61. The van der Waals surface area contributed by atoms with Crippen molar-refractivity contribution in [3.05, 3.63) is 29.1 Å². The molecule has 1 aromatic carbocycles. The first-order valence-corrected chi connectivity index (χ1v) is 4.67. The molecule has 0 saturated heterocycles. The number of nitrogens with two attached hydrogens (primary N) is 1. The van der Waals surface area contributed by atoms with Crippen LogP contribution in [0.5, 0.6) is 0 Å². The molecule has 0 fully saturated rings. The summed E-state index contributed by atoms with van der Waals surface area (Å²) in [6.45, 7) is 0. The van der Waals surface area contributed by atoms with E-state index in [9.17, 15) is 30.4 Å². The van der Waals surface area contributed by atoms with E-state index in [4.69, 9.17) is 1.41 Å². The summed E-state index contributed by atoms with van der Waals surface area (Å²) in [7, 11) is -5.10. The molecule has 0 radical (unpaired) electrons. The van der Waals surface area contributed by atoms with Crippen molar-refractivity contribution in [2.24, 2.45) is 5.13 Å². The first kappa shape index (κ1) is 10.3. The molecular formula is C6H2F5NO2S. The molecular weight excluding hydrogens is 245 g/mol. The summed E-state index contributed by atoms with van der Waals surface area (Å²) in [5, 5.41) is 0.700. The van der Waals surface area contributed by atoms with Crippen molar-refractivity contribution in [2.45, 2.75) is 4.90 Å². The zero-order chi connectivity index (χ0) is 12.7. The summed E-state index contributed by atoms with van der Waals surface area (Å²) >= 11 is 0. The Morgan fingerprint density at radius 3 is 1.53 bits per heavy atom. The van der Waals surface area contributed by atoms with E-state index in [0.717, 1.165) is 0 Å². The molecule has 0 unspecified atom stereocenters. The minimum absolute atomic E-state index is 0.700. The van der Waals surface area contributed by atoms with E-state index in [1.165, 1.54) is 0 Å². The molecule has 0 bridgehead atoms. The van der Waals surface area contributed by atoms with Gasteiger partial charge in [0, 0.05) is 0 Å². The van der Waals surface area contributed by atoms with Gasteiger partial charge in [-0.1, -0.05) is 0 Å². The Bertz CT molecular complexity index is 517. The van der Waals surface area contributed by atoms with Crippen molar-refractivity contribution >= 4 is 10.0 Å². The molecule has 0 aliphatic rings. The summed E-state index contributed by atoms with van der Waals surface area (Å²) in [5.41, 5.74) is 0. The van der Waals surface area contributed by atoms with E-state index < -0.39 is 44.0 Å². The van der Waals surface area contributed by atoms with Gasteiger partial charge < -0.3 is 0 Å². The Morgan fingerprint density at radius 1 is 0.867 bits per heavy atom. The minimum atomic E-state index is -5.10. The summed E-state index contributed by atoms with van der Waals surface area (Å²) in [4.78, 5) is -2.08. The van der Waals surface area contributed by atoms with Crippen molar-refractivity contribution in [1.82, 2.24) is 0 Å². The lowest BCUT2D eigenvalue weighted by atomic mass is 10.3. The Hall–Kier alpha value is -1.22. The molecule has 0 spiro atoms. The standard InChI is InChI=1S/C6H2F5NO2S/c7-1-2(8)4(10)6(15(12,13)14)5(11)3(1)9/h(H2,12,13,14)/i/hD. The molecule has 9 heteroatoms. The number of primary sulfonamides is 1. The second kappa shape index (κ2) is 3.42. The molecule has 3 nitrogen and oxygen atoms in total. The highest BCUT2D eigenvalue weighted by Crippen LogP contribution is 2.25. The highest BCUT2D eigenvalue weighted by molar-refractivity contribution is 7.89. The second-order valence-corrected chi connectivity index (χ2v) is 3.82. The van der Waals surface area contributed by atoms with Crippen molar-refractivity contribution in [3.8, 4) is 0 Å². The summed E-state index contributed by atoms with van der Waals surface area (Å²) in [6, 6.07) is 0. The number of halogens is 5. The number of hydrogen-bond acceptors (Lipinski definition) is 2. The van der Waals surface area contributed by atoms with E-state index in [2.05, 4.69) is 0 Å². The Kier molecular flexibility index (Phi) is 2.35. The zero-order valence-corrected chi connectivity index (χ0v) is 7.43. The smallest absolute Gasteiger partial charge is 0.224 e. The highest BCUT2D eigenvalue weighted by Gasteiger charge is 2.31. The van der Waals surface area contributed by atoms with Crippen LogP contribution in [0.3, 0.4) is 0 Å². The number of hydrogen-bond donors (Lipinski definition) is 1. The van der Waals surface area contributed by atoms with Gasteiger partial charge >= 0.3 is 0 Å². The molecule has 1 rings (SSSR count). The van der Waals surface area contributed by atoms with Crippen LogP contribution in [-0.2, 0) is 10.0 Å². The van der Waals surface area contributed by atoms with Gasteiger partial charge in [-0.2, -0.15) is 0 Å². The van der Waals surface area contributed by atoms with Crippen LogP contribution in [0.1, 0.15) is 0 Å². The highest BCUT2D eigenvalue weighted by atomic mass is 32.2. The molecule has 2 N–H and O–H groups in total. The van der Waals surface area contributed by atoms with Gasteiger partial charge in [-0.05, 0) is 0 Å². The number of sulfonamides is 1. The van der Waals surface area contributed by atoms with E-state index in [1.54, 1.807) is 0 Å². The van der Waals surface area contributed by atoms with Crippen LogP contribution in [0.4, 0.5) is 22.0 Å². The predicted octanol–water partition coefficient (Wildman–Crippen LogP) is 1.03. The van der Waals surface area contributed by atoms with Gasteiger partial charge in [0.05, 0.1) is 0 Å². The van der Waals surface area contributed by atoms with Crippen molar-refractivity contribution in [2.75, 3.05) is 0 Å². The summed E-state index contributed by atoms with van der Waals surface area (Å²) < 4.78 is 91.2. The second-order valence-electron chi connectivity index (χ2n) is 2.40. The Labute approximate surface area is 81.8 Å². The van der Waals surface area contributed by atoms with Crippen LogP contribution in [0.25, 0.3) is 0 Å². The Morgan fingerprint density at radius 2 is 1.20 bits per heavy atom.